The van der Waals surface area contributed by atoms with E-state index in [2.05, 4.69) is 30.7 Å². The molecular formula is C14H24ClN3. The van der Waals surface area contributed by atoms with E-state index in [9.17, 15) is 0 Å². The fourth-order valence-electron chi connectivity index (χ4n) is 2.04. The van der Waals surface area contributed by atoms with Gasteiger partial charge in [-0.3, -0.25) is 0 Å². The van der Waals surface area contributed by atoms with Crippen molar-refractivity contribution in [2.75, 3.05) is 18.0 Å². The highest BCUT2D eigenvalue weighted by Crippen LogP contribution is 2.21. The van der Waals surface area contributed by atoms with Gasteiger partial charge >= 0.3 is 0 Å². The summed E-state index contributed by atoms with van der Waals surface area (Å²) < 4.78 is 0. The molecule has 0 saturated heterocycles. The van der Waals surface area contributed by atoms with Gasteiger partial charge < -0.3 is 10.6 Å². The Balaban J connectivity index is 2.87. The summed E-state index contributed by atoms with van der Waals surface area (Å²) in [5.41, 5.74) is 6.42. The van der Waals surface area contributed by atoms with E-state index in [1.807, 2.05) is 12.1 Å². The summed E-state index contributed by atoms with van der Waals surface area (Å²) >= 11 is 6.04. The van der Waals surface area contributed by atoms with Crippen molar-refractivity contribution in [3.8, 4) is 0 Å². The minimum atomic E-state index is 0.384. The summed E-state index contributed by atoms with van der Waals surface area (Å²) in [6.07, 6.45) is 2.40. The summed E-state index contributed by atoms with van der Waals surface area (Å²) in [6.45, 7) is 9.01. The fourth-order valence-corrected chi connectivity index (χ4v) is 2.22. The zero-order valence-corrected chi connectivity index (χ0v) is 12.4. The van der Waals surface area contributed by atoms with Crippen LogP contribution in [0.3, 0.4) is 0 Å². The number of nitrogens with zero attached hydrogens (tertiary/aromatic N) is 2. The van der Waals surface area contributed by atoms with Crippen LogP contribution in [-0.2, 0) is 6.54 Å². The molecule has 0 bridgehead atoms. The molecule has 0 aliphatic carbocycles. The Kier molecular flexibility index (Phi) is 6.44. The summed E-state index contributed by atoms with van der Waals surface area (Å²) in [6, 6.07) is 3.87. The Morgan fingerprint density at radius 3 is 2.44 bits per heavy atom. The molecule has 0 aliphatic heterocycles. The first kappa shape index (κ1) is 15.3. The number of rotatable bonds is 7. The zero-order valence-electron chi connectivity index (χ0n) is 11.6. The van der Waals surface area contributed by atoms with Crippen LogP contribution in [0.15, 0.2) is 12.1 Å². The second-order valence-corrected chi connectivity index (χ2v) is 4.93. The van der Waals surface area contributed by atoms with E-state index in [1.54, 1.807) is 0 Å². The number of hydrogen-bond acceptors (Lipinski definition) is 3. The monoisotopic (exact) mass is 269 g/mol. The van der Waals surface area contributed by atoms with Crippen molar-refractivity contribution >= 4 is 17.4 Å². The standard InChI is InChI=1S/C14H24ClN3/c1-4-11(5-2)10-18(6-3)14-8-7-12(15)13(9-16)17-14/h7-8,11H,4-6,9-10,16H2,1-3H3. The van der Waals surface area contributed by atoms with E-state index in [4.69, 9.17) is 17.3 Å². The lowest BCUT2D eigenvalue weighted by atomic mass is 10.0. The molecule has 0 spiro atoms. The van der Waals surface area contributed by atoms with E-state index < -0.39 is 0 Å². The first-order chi connectivity index (χ1) is 8.65. The number of pyridine rings is 1. The third-order valence-electron chi connectivity index (χ3n) is 3.44. The van der Waals surface area contributed by atoms with Gasteiger partial charge in [-0.15, -0.1) is 0 Å². The molecule has 0 fully saturated rings. The van der Waals surface area contributed by atoms with Gasteiger partial charge in [-0.2, -0.15) is 0 Å². The predicted octanol–water partition coefficient (Wildman–Crippen LogP) is 3.46. The Morgan fingerprint density at radius 1 is 1.28 bits per heavy atom. The summed E-state index contributed by atoms with van der Waals surface area (Å²) in [5, 5.41) is 0.653. The molecule has 0 saturated carbocycles. The Hall–Kier alpha value is -0.800. The van der Waals surface area contributed by atoms with Crippen molar-refractivity contribution in [2.45, 2.75) is 40.2 Å². The first-order valence-electron chi connectivity index (χ1n) is 6.76. The number of hydrogen-bond donors (Lipinski definition) is 1. The molecule has 0 radical (unpaired) electrons. The van der Waals surface area contributed by atoms with Gasteiger partial charge in [0.05, 0.1) is 10.7 Å². The van der Waals surface area contributed by atoms with Crippen LogP contribution in [0.1, 0.15) is 39.3 Å². The van der Waals surface area contributed by atoms with E-state index in [0.717, 1.165) is 24.6 Å². The van der Waals surface area contributed by atoms with Gasteiger partial charge in [0.15, 0.2) is 0 Å². The van der Waals surface area contributed by atoms with Gasteiger partial charge in [-0.1, -0.05) is 38.3 Å². The van der Waals surface area contributed by atoms with Gasteiger partial charge in [0.1, 0.15) is 5.82 Å². The van der Waals surface area contributed by atoms with E-state index in [1.165, 1.54) is 12.8 Å². The summed E-state index contributed by atoms with van der Waals surface area (Å²) in [4.78, 5) is 6.85. The number of nitrogens with two attached hydrogens (primary N) is 1. The van der Waals surface area contributed by atoms with Gasteiger partial charge in [-0.05, 0) is 25.0 Å². The second-order valence-electron chi connectivity index (χ2n) is 4.52. The van der Waals surface area contributed by atoms with Crippen molar-refractivity contribution in [3.63, 3.8) is 0 Å². The first-order valence-corrected chi connectivity index (χ1v) is 7.14. The molecule has 0 aliphatic rings. The molecule has 1 heterocycles. The molecule has 0 unspecified atom stereocenters. The van der Waals surface area contributed by atoms with Crippen molar-refractivity contribution in [1.82, 2.24) is 4.98 Å². The predicted molar refractivity (Wildman–Crippen MR) is 79.1 cm³/mol. The van der Waals surface area contributed by atoms with Gasteiger partial charge in [0, 0.05) is 19.6 Å². The number of halogens is 1. The highest BCUT2D eigenvalue weighted by atomic mass is 35.5. The molecule has 0 aromatic carbocycles. The van der Waals surface area contributed by atoms with E-state index in [0.29, 0.717) is 17.5 Å². The maximum atomic E-state index is 6.04. The molecule has 3 nitrogen and oxygen atoms in total. The van der Waals surface area contributed by atoms with Crippen LogP contribution in [0.4, 0.5) is 5.82 Å². The molecule has 0 amide bonds. The lowest BCUT2D eigenvalue weighted by Crippen LogP contribution is -2.30. The average molecular weight is 270 g/mol. The zero-order chi connectivity index (χ0) is 13.5. The summed E-state index contributed by atoms with van der Waals surface area (Å²) in [5.74, 6) is 1.69. The largest absolute Gasteiger partial charge is 0.357 e. The highest BCUT2D eigenvalue weighted by Gasteiger charge is 2.13. The lowest BCUT2D eigenvalue weighted by Gasteiger charge is -2.26. The molecule has 4 heteroatoms. The van der Waals surface area contributed by atoms with Crippen LogP contribution < -0.4 is 10.6 Å². The van der Waals surface area contributed by atoms with Crippen molar-refractivity contribution in [2.24, 2.45) is 11.7 Å². The summed E-state index contributed by atoms with van der Waals surface area (Å²) in [7, 11) is 0. The van der Waals surface area contributed by atoms with Crippen molar-refractivity contribution < 1.29 is 0 Å². The van der Waals surface area contributed by atoms with Gasteiger partial charge in [0.25, 0.3) is 0 Å². The van der Waals surface area contributed by atoms with Crippen LogP contribution in [0.2, 0.25) is 5.02 Å². The SMILES string of the molecule is CCC(CC)CN(CC)c1ccc(Cl)c(CN)n1. The molecular weight excluding hydrogens is 246 g/mol. The maximum Gasteiger partial charge on any atom is 0.128 e. The van der Waals surface area contributed by atoms with Crippen LogP contribution in [-0.4, -0.2) is 18.1 Å². The molecule has 102 valence electrons. The Morgan fingerprint density at radius 2 is 1.94 bits per heavy atom. The number of anilines is 1. The van der Waals surface area contributed by atoms with Crippen molar-refractivity contribution in [3.05, 3.63) is 22.8 Å². The molecule has 18 heavy (non-hydrogen) atoms. The smallest absolute Gasteiger partial charge is 0.128 e. The fraction of sp³-hybridized carbons (Fsp3) is 0.643. The molecule has 0 atom stereocenters. The molecule has 1 aromatic heterocycles. The van der Waals surface area contributed by atoms with Gasteiger partial charge in [0.2, 0.25) is 0 Å². The topological polar surface area (TPSA) is 42.1 Å². The second kappa shape index (κ2) is 7.59. The third kappa shape index (κ3) is 3.85. The van der Waals surface area contributed by atoms with E-state index >= 15 is 0 Å². The Bertz CT molecular complexity index is 364. The van der Waals surface area contributed by atoms with Crippen LogP contribution in [0.25, 0.3) is 0 Å². The molecule has 1 aromatic rings. The van der Waals surface area contributed by atoms with Crippen LogP contribution >= 0.6 is 11.6 Å². The van der Waals surface area contributed by atoms with Gasteiger partial charge in [-0.25, -0.2) is 4.98 Å². The van der Waals surface area contributed by atoms with Crippen molar-refractivity contribution in [1.29, 1.82) is 0 Å². The molecule has 1 rings (SSSR count). The number of aromatic nitrogens is 1. The Labute approximate surface area is 115 Å². The van der Waals surface area contributed by atoms with Crippen LogP contribution in [0, 0.1) is 5.92 Å². The maximum absolute atomic E-state index is 6.04. The van der Waals surface area contributed by atoms with Crippen LogP contribution in [0.5, 0.6) is 0 Å². The minimum Gasteiger partial charge on any atom is -0.357 e. The minimum absolute atomic E-state index is 0.384. The average Bonchev–Trinajstić information content (AvgIpc) is 2.41. The molecule has 2 N–H and O–H groups in total. The quantitative estimate of drug-likeness (QED) is 0.824. The third-order valence-corrected chi connectivity index (χ3v) is 3.78. The lowest BCUT2D eigenvalue weighted by molar-refractivity contribution is 0.484. The van der Waals surface area contributed by atoms with E-state index in [-0.39, 0.29) is 0 Å². The highest BCUT2D eigenvalue weighted by molar-refractivity contribution is 6.31. The normalized spacial score (nSPS) is 11.0.